The van der Waals surface area contributed by atoms with Gasteiger partial charge < -0.3 is 47.4 Å². The molecule has 0 aliphatic carbocycles. The summed E-state index contributed by atoms with van der Waals surface area (Å²) in [5, 5.41) is 0. The van der Waals surface area contributed by atoms with Crippen molar-refractivity contribution in [2.75, 3.05) is 119 Å². The maximum Gasteiger partial charge on any atom is 0.338 e. The third kappa shape index (κ3) is 23.5. The Bertz CT molecular complexity index is 731. The van der Waals surface area contributed by atoms with Crippen molar-refractivity contribution in [2.45, 2.75) is 0 Å². The summed E-state index contributed by atoms with van der Waals surface area (Å²) in [6.07, 6.45) is 1.11. The van der Waals surface area contributed by atoms with E-state index in [0.29, 0.717) is 111 Å². The highest BCUT2D eigenvalue weighted by Crippen LogP contribution is 2.00. The monoisotopic (exact) mass is 572 g/mol. The predicted octanol–water partition coefficient (Wildman–Crippen LogP) is 1.71. The van der Waals surface area contributed by atoms with Gasteiger partial charge in [0.1, 0.15) is 13.2 Å². The summed E-state index contributed by atoms with van der Waals surface area (Å²) in [6.45, 7) is 10.8. The molecule has 0 aliphatic rings. The van der Waals surface area contributed by atoms with Crippen molar-refractivity contribution in [3.8, 4) is 0 Å². The van der Waals surface area contributed by atoms with E-state index in [4.69, 9.17) is 47.4 Å². The normalized spacial score (nSPS) is 10.9. The summed E-state index contributed by atoms with van der Waals surface area (Å²) in [6, 6.07) is 8.83. The average molecular weight is 573 g/mol. The van der Waals surface area contributed by atoms with Gasteiger partial charge >= 0.3 is 11.9 Å². The summed E-state index contributed by atoms with van der Waals surface area (Å²) >= 11 is 0. The lowest BCUT2D eigenvalue weighted by molar-refractivity contribution is -0.139. The van der Waals surface area contributed by atoms with E-state index < -0.39 is 5.97 Å². The first-order valence-corrected chi connectivity index (χ1v) is 13.4. The second kappa shape index (κ2) is 28.1. The van der Waals surface area contributed by atoms with Crippen molar-refractivity contribution >= 4 is 11.9 Å². The Morgan fingerprint density at radius 3 is 1.10 bits per heavy atom. The number of hydrogen-bond acceptors (Lipinski definition) is 12. The molecule has 0 saturated heterocycles. The molecule has 1 aromatic rings. The van der Waals surface area contributed by atoms with E-state index in [9.17, 15) is 9.59 Å². The van der Waals surface area contributed by atoms with Crippen LogP contribution < -0.4 is 0 Å². The second-order valence-electron chi connectivity index (χ2n) is 7.77. The van der Waals surface area contributed by atoms with Gasteiger partial charge in [0.25, 0.3) is 0 Å². The van der Waals surface area contributed by atoms with E-state index in [1.165, 1.54) is 0 Å². The first kappa shape index (κ1) is 35.6. The fraction of sp³-hybridized carbons (Fsp3) is 0.643. The zero-order valence-electron chi connectivity index (χ0n) is 23.3. The third-order valence-corrected chi connectivity index (χ3v) is 4.71. The Labute approximate surface area is 236 Å². The lowest BCUT2D eigenvalue weighted by Gasteiger charge is -2.09. The molecule has 0 unspecified atom stereocenters. The Morgan fingerprint density at radius 2 is 0.775 bits per heavy atom. The third-order valence-electron chi connectivity index (χ3n) is 4.71. The highest BCUT2D eigenvalue weighted by Gasteiger charge is 2.05. The molecule has 12 heteroatoms. The van der Waals surface area contributed by atoms with E-state index in [2.05, 4.69) is 6.58 Å². The molecule has 0 saturated carbocycles. The second-order valence-corrected chi connectivity index (χ2v) is 7.77. The van der Waals surface area contributed by atoms with Gasteiger partial charge in [0.05, 0.1) is 111 Å². The first-order chi connectivity index (χ1) is 19.7. The molecule has 0 atom stereocenters. The number of carbonyl (C=O) groups excluding carboxylic acids is 2. The Hall–Kier alpha value is -2.42. The molecule has 0 radical (unpaired) electrons. The van der Waals surface area contributed by atoms with Crippen molar-refractivity contribution in [3.63, 3.8) is 0 Å². The topological polar surface area (TPSA) is 126 Å². The van der Waals surface area contributed by atoms with Crippen LogP contribution in [0.25, 0.3) is 0 Å². The quantitative estimate of drug-likeness (QED) is 0.0788. The lowest BCUT2D eigenvalue weighted by atomic mass is 10.2. The molecule has 40 heavy (non-hydrogen) atoms. The minimum atomic E-state index is -0.462. The number of rotatable bonds is 29. The summed E-state index contributed by atoms with van der Waals surface area (Å²) < 4.78 is 53.0. The van der Waals surface area contributed by atoms with Crippen molar-refractivity contribution in [1.82, 2.24) is 0 Å². The maximum absolute atomic E-state index is 11.8. The van der Waals surface area contributed by atoms with Crippen LogP contribution in [0.1, 0.15) is 10.4 Å². The van der Waals surface area contributed by atoms with Gasteiger partial charge in [-0.1, -0.05) is 24.8 Å². The zero-order chi connectivity index (χ0) is 28.8. The van der Waals surface area contributed by atoms with Crippen LogP contribution in [0.15, 0.2) is 43.0 Å². The molecular formula is C28H44O12. The number of ether oxygens (including phenoxy) is 10. The van der Waals surface area contributed by atoms with E-state index in [-0.39, 0.29) is 19.2 Å². The predicted molar refractivity (Wildman–Crippen MR) is 144 cm³/mol. The van der Waals surface area contributed by atoms with Crippen molar-refractivity contribution in [1.29, 1.82) is 0 Å². The summed E-state index contributed by atoms with van der Waals surface area (Å²) in [5.41, 5.74) is 0.522. The number of hydrogen-bond donors (Lipinski definition) is 0. The lowest BCUT2D eigenvalue weighted by Crippen LogP contribution is -2.15. The van der Waals surface area contributed by atoms with Crippen LogP contribution in [-0.2, 0) is 52.2 Å². The maximum atomic E-state index is 11.8. The van der Waals surface area contributed by atoms with Gasteiger partial charge in [0.15, 0.2) is 0 Å². The van der Waals surface area contributed by atoms with Crippen LogP contribution in [0.3, 0.4) is 0 Å². The molecule has 0 fully saturated rings. The van der Waals surface area contributed by atoms with Gasteiger partial charge in [-0.3, -0.25) is 0 Å². The number of esters is 2. The number of benzene rings is 1. The number of carbonyl (C=O) groups is 2. The standard InChI is InChI=1S/C28H44O12/c1-2-27(29)39-24-22-37-20-18-35-16-14-33-12-10-31-8-9-32-11-13-34-15-17-36-19-21-38-23-25-40-28(30)26-6-4-3-5-7-26/h2-7H,1,8-25H2. The van der Waals surface area contributed by atoms with Crippen molar-refractivity contribution in [2.24, 2.45) is 0 Å². The Balaban J connectivity index is 1.66. The SMILES string of the molecule is C=CC(=O)OCCOCCOCCOCCOCCOCCOCCOCCOCCOC(=O)c1ccccc1. The van der Waals surface area contributed by atoms with Gasteiger partial charge in [-0.25, -0.2) is 9.59 Å². The van der Waals surface area contributed by atoms with Crippen LogP contribution in [-0.4, -0.2) is 131 Å². The van der Waals surface area contributed by atoms with Crippen LogP contribution in [0, 0.1) is 0 Å². The Kier molecular flexibility index (Phi) is 25.0. The molecular weight excluding hydrogens is 528 g/mol. The van der Waals surface area contributed by atoms with Gasteiger partial charge in [-0.05, 0) is 12.1 Å². The van der Waals surface area contributed by atoms with Gasteiger partial charge in [-0.2, -0.15) is 0 Å². The van der Waals surface area contributed by atoms with E-state index in [1.54, 1.807) is 24.3 Å². The molecule has 0 aromatic heterocycles. The highest BCUT2D eigenvalue weighted by atomic mass is 16.6. The Morgan fingerprint density at radius 1 is 0.475 bits per heavy atom. The fourth-order valence-corrected chi connectivity index (χ4v) is 2.75. The largest absolute Gasteiger partial charge is 0.460 e. The molecule has 0 N–H and O–H groups in total. The minimum absolute atomic E-state index is 0.195. The summed E-state index contributed by atoms with van der Waals surface area (Å²) in [4.78, 5) is 22.6. The summed E-state index contributed by atoms with van der Waals surface area (Å²) in [5.74, 6) is -0.823. The van der Waals surface area contributed by atoms with E-state index in [0.717, 1.165) is 6.08 Å². The molecule has 0 spiro atoms. The van der Waals surface area contributed by atoms with Crippen LogP contribution in [0.5, 0.6) is 0 Å². The van der Waals surface area contributed by atoms with Gasteiger partial charge in [0.2, 0.25) is 0 Å². The molecule has 12 nitrogen and oxygen atoms in total. The van der Waals surface area contributed by atoms with Crippen molar-refractivity contribution < 1.29 is 57.0 Å². The minimum Gasteiger partial charge on any atom is -0.460 e. The van der Waals surface area contributed by atoms with Crippen LogP contribution in [0.4, 0.5) is 0 Å². The highest BCUT2D eigenvalue weighted by molar-refractivity contribution is 5.89. The molecule has 1 aromatic carbocycles. The van der Waals surface area contributed by atoms with Crippen LogP contribution in [0.2, 0.25) is 0 Å². The molecule has 0 amide bonds. The molecule has 0 bridgehead atoms. The molecule has 0 heterocycles. The molecule has 1 rings (SSSR count). The summed E-state index contributed by atoms with van der Waals surface area (Å²) in [7, 11) is 0. The molecule has 228 valence electrons. The van der Waals surface area contributed by atoms with Crippen molar-refractivity contribution in [3.05, 3.63) is 48.6 Å². The van der Waals surface area contributed by atoms with Crippen LogP contribution >= 0.6 is 0 Å². The van der Waals surface area contributed by atoms with E-state index >= 15 is 0 Å². The zero-order valence-corrected chi connectivity index (χ0v) is 23.3. The fourth-order valence-electron chi connectivity index (χ4n) is 2.75. The van der Waals surface area contributed by atoms with E-state index in [1.807, 2.05) is 6.07 Å². The van der Waals surface area contributed by atoms with Gasteiger partial charge in [0, 0.05) is 6.08 Å². The molecule has 0 aliphatic heterocycles. The van der Waals surface area contributed by atoms with Gasteiger partial charge in [-0.15, -0.1) is 0 Å². The average Bonchev–Trinajstić information content (AvgIpc) is 2.98. The smallest absolute Gasteiger partial charge is 0.338 e. The first-order valence-electron chi connectivity index (χ1n) is 13.4.